The van der Waals surface area contributed by atoms with Gasteiger partial charge in [0, 0.05) is 20.4 Å². The summed E-state index contributed by atoms with van der Waals surface area (Å²) in [5, 5.41) is 3.06. The summed E-state index contributed by atoms with van der Waals surface area (Å²) in [6.07, 6.45) is 2.64. The second-order valence-electron chi connectivity index (χ2n) is 4.20. The van der Waals surface area contributed by atoms with Gasteiger partial charge in [-0.05, 0) is 34.0 Å². The molecule has 2 heterocycles. The van der Waals surface area contributed by atoms with Crippen LogP contribution in [0, 0.1) is 0 Å². The molecule has 5 nitrogen and oxygen atoms in total. The summed E-state index contributed by atoms with van der Waals surface area (Å²) in [4.78, 5) is 13.5. The van der Waals surface area contributed by atoms with Crippen LogP contribution < -0.4 is 5.32 Å². The number of halogens is 1. The van der Waals surface area contributed by atoms with Gasteiger partial charge in [-0.2, -0.15) is 0 Å². The lowest BCUT2D eigenvalue weighted by Crippen LogP contribution is -2.06. The zero-order valence-corrected chi connectivity index (χ0v) is 13.4. The fourth-order valence-corrected chi connectivity index (χ4v) is 2.41. The molecule has 0 aliphatic heterocycles. The van der Waals surface area contributed by atoms with Crippen LogP contribution in [0.15, 0.2) is 22.8 Å². The maximum absolute atomic E-state index is 5.19. The van der Waals surface area contributed by atoms with Crippen LogP contribution in [0.4, 0.5) is 5.82 Å². The van der Waals surface area contributed by atoms with Gasteiger partial charge in [-0.3, -0.25) is 4.98 Å². The molecule has 0 saturated carbocycles. The van der Waals surface area contributed by atoms with E-state index in [4.69, 9.17) is 4.74 Å². The molecular weight excluding hydrogens is 320 g/mol. The van der Waals surface area contributed by atoms with Gasteiger partial charge in [-0.1, -0.05) is 13.0 Å². The quantitative estimate of drug-likeness (QED) is 0.909. The van der Waals surface area contributed by atoms with E-state index in [9.17, 15) is 0 Å². The molecule has 1 N–H and O–H groups in total. The van der Waals surface area contributed by atoms with Crippen molar-refractivity contribution in [2.45, 2.75) is 20.0 Å². The highest BCUT2D eigenvalue weighted by molar-refractivity contribution is 9.10. The summed E-state index contributed by atoms with van der Waals surface area (Å²) < 4.78 is 6.01. The van der Waals surface area contributed by atoms with Crippen LogP contribution in [0.5, 0.6) is 0 Å². The van der Waals surface area contributed by atoms with Crippen molar-refractivity contribution in [2.24, 2.45) is 0 Å². The predicted molar refractivity (Wildman–Crippen MR) is 82.6 cm³/mol. The van der Waals surface area contributed by atoms with Gasteiger partial charge in [-0.25, -0.2) is 9.97 Å². The van der Waals surface area contributed by atoms with Crippen molar-refractivity contribution in [3.63, 3.8) is 0 Å². The number of ether oxygens (including phenoxy) is 1. The van der Waals surface area contributed by atoms with Crippen LogP contribution in [0.25, 0.3) is 11.5 Å². The van der Waals surface area contributed by atoms with Crippen LogP contribution in [0.3, 0.4) is 0 Å². The van der Waals surface area contributed by atoms with Crippen LogP contribution >= 0.6 is 15.9 Å². The molecule has 0 amide bonds. The number of anilines is 1. The molecule has 0 atom stereocenters. The number of hydrogen-bond acceptors (Lipinski definition) is 5. The van der Waals surface area contributed by atoms with Crippen LogP contribution in [-0.2, 0) is 17.8 Å². The molecule has 0 spiro atoms. The van der Waals surface area contributed by atoms with Gasteiger partial charge < -0.3 is 10.1 Å². The first-order valence-corrected chi connectivity index (χ1v) is 7.17. The van der Waals surface area contributed by atoms with Crippen LogP contribution in [0.1, 0.15) is 18.2 Å². The molecule has 0 saturated heterocycles. The largest absolute Gasteiger partial charge is 0.378 e. The molecule has 20 heavy (non-hydrogen) atoms. The van der Waals surface area contributed by atoms with E-state index in [1.807, 2.05) is 19.2 Å². The lowest BCUT2D eigenvalue weighted by Gasteiger charge is -2.12. The third kappa shape index (κ3) is 2.96. The van der Waals surface area contributed by atoms with E-state index in [1.54, 1.807) is 13.3 Å². The number of aromatic nitrogens is 3. The standard InChI is InChI=1S/C14H17BrN4O/c1-4-9-6-5-7-17-12(9)14-18-10(8-20-3)11(15)13(16-2)19-14/h5-7H,4,8H2,1-3H3,(H,16,18,19). The topological polar surface area (TPSA) is 59.9 Å². The third-order valence-corrected chi connectivity index (χ3v) is 3.75. The average molecular weight is 337 g/mol. The van der Waals surface area contributed by atoms with Crippen molar-refractivity contribution in [2.75, 3.05) is 19.5 Å². The van der Waals surface area contributed by atoms with Gasteiger partial charge in [0.15, 0.2) is 5.82 Å². The Bertz CT molecular complexity index is 604. The summed E-state index contributed by atoms with van der Waals surface area (Å²) in [6, 6.07) is 3.97. The Morgan fingerprint density at radius 3 is 2.80 bits per heavy atom. The molecular formula is C14H17BrN4O. The Morgan fingerprint density at radius 2 is 2.15 bits per heavy atom. The lowest BCUT2D eigenvalue weighted by atomic mass is 10.1. The minimum absolute atomic E-state index is 0.416. The Morgan fingerprint density at radius 1 is 1.35 bits per heavy atom. The SMILES string of the molecule is CCc1cccnc1-c1nc(COC)c(Br)c(NC)n1. The second kappa shape index (κ2) is 6.76. The molecule has 6 heteroatoms. The Labute approximate surface area is 127 Å². The van der Waals surface area contributed by atoms with Gasteiger partial charge in [-0.15, -0.1) is 0 Å². The van der Waals surface area contributed by atoms with Gasteiger partial charge in [0.1, 0.15) is 11.5 Å². The summed E-state index contributed by atoms with van der Waals surface area (Å²) >= 11 is 3.50. The lowest BCUT2D eigenvalue weighted by molar-refractivity contribution is 0.181. The fraction of sp³-hybridized carbons (Fsp3) is 0.357. The third-order valence-electron chi connectivity index (χ3n) is 2.92. The van der Waals surface area contributed by atoms with E-state index >= 15 is 0 Å². The Balaban J connectivity index is 2.59. The van der Waals surface area contributed by atoms with Crippen LogP contribution in [0.2, 0.25) is 0 Å². The number of rotatable bonds is 5. The highest BCUT2D eigenvalue weighted by Crippen LogP contribution is 2.28. The van der Waals surface area contributed by atoms with Crippen molar-refractivity contribution in [3.8, 4) is 11.5 Å². The number of methoxy groups -OCH3 is 1. The molecule has 0 aliphatic carbocycles. The van der Waals surface area contributed by atoms with Gasteiger partial charge in [0.25, 0.3) is 0 Å². The van der Waals surface area contributed by atoms with Crippen molar-refractivity contribution in [3.05, 3.63) is 34.1 Å². The fourth-order valence-electron chi connectivity index (χ4n) is 1.92. The van der Waals surface area contributed by atoms with Crippen molar-refractivity contribution < 1.29 is 4.74 Å². The maximum Gasteiger partial charge on any atom is 0.180 e. The monoisotopic (exact) mass is 336 g/mol. The van der Waals surface area contributed by atoms with Crippen molar-refractivity contribution in [1.82, 2.24) is 15.0 Å². The first-order valence-electron chi connectivity index (χ1n) is 6.38. The summed E-state index contributed by atoms with van der Waals surface area (Å²) in [6.45, 7) is 2.51. The first kappa shape index (κ1) is 14.9. The molecule has 0 radical (unpaired) electrons. The molecule has 0 fully saturated rings. The molecule has 0 aromatic carbocycles. The number of hydrogen-bond donors (Lipinski definition) is 1. The number of pyridine rings is 1. The summed E-state index contributed by atoms with van der Waals surface area (Å²) in [5.41, 5.74) is 2.74. The highest BCUT2D eigenvalue weighted by atomic mass is 79.9. The number of nitrogens with one attached hydrogen (secondary N) is 1. The van der Waals surface area contributed by atoms with Gasteiger partial charge in [0.2, 0.25) is 0 Å². The zero-order chi connectivity index (χ0) is 14.5. The van der Waals surface area contributed by atoms with E-state index < -0.39 is 0 Å². The summed E-state index contributed by atoms with van der Waals surface area (Å²) in [7, 11) is 3.47. The zero-order valence-electron chi connectivity index (χ0n) is 11.8. The molecule has 2 rings (SSSR count). The maximum atomic E-state index is 5.19. The molecule has 106 valence electrons. The van der Waals surface area contributed by atoms with E-state index in [0.29, 0.717) is 12.4 Å². The predicted octanol–water partition coefficient (Wildman–Crippen LogP) is 3.05. The Kier molecular flexibility index (Phi) is 5.03. The average Bonchev–Trinajstić information content (AvgIpc) is 2.49. The smallest absolute Gasteiger partial charge is 0.180 e. The van der Waals surface area contributed by atoms with Crippen molar-refractivity contribution >= 4 is 21.7 Å². The van der Waals surface area contributed by atoms with E-state index in [2.05, 4.69) is 43.1 Å². The second-order valence-corrected chi connectivity index (χ2v) is 5.00. The molecule has 2 aromatic rings. The first-order chi connectivity index (χ1) is 9.71. The molecule has 0 bridgehead atoms. The Hall–Kier alpha value is -1.53. The van der Waals surface area contributed by atoms with Crippen molar-refractivity contribution in [1.29, 1.82) is 0 Å². The van der Waals surface area contributed by atoms with Crippen LogP contribution in [-0.4, -0.2) is 29.1 Å². The normalized spacial score (nSPS) is 10.6. The van der Waals surface area contributed by atoms with Gasteiger partial charge in [0.05, 0.1) is 16.8 Å². The summed E-state index contributed by atoms with van der Waals surface area (Å²) in [5.74, 6) is 1.34. The van der Waals surface area contributed by atoms with E-state index in [-0.39, 0.29) is 0 Å². The van der Waals surface area contributed by atoms with Gasteiger partial charge >= 0.3 is 0 Å². The molecule has 0 unspecified atom stereocenters. The number of nitrogens with zero attached hydrogens (tertiary/aromatic N) is 3. The minimum atomic E-state index is 0.416. The molecule has 2 aromatic heterocycles. The van der Waals surface area contributed by atoms with E-state index in [1.165, 1.54) is 0 Å². The number of aryl methyl sites for hydroxylation is 1. The molecule has 0 aliphatic rings. The highest BCUT2D eigenvalue weighted by Gasteiger charge is 2.15. The van der Waals surface area contributed by atoms with E-state index in [0.717, 1.165) is 33.7 Å². The minimum Gasteiger partial charge on any atom is -0.378 e.